The minimum Gasteiger partial charge on any atom is -0.390 e. The molecule has 0 bridgehead atoms. The molecule has 3 aromatic carbocycles. The standard InChI is InChI=1S/C29H34N4O4S/c1-19-14-28(36)33(25-8-4-5-9-26(25)38-19)13-12-27(35)32-24(29(37)31-18-23(34)17-30)16-20-10-11-21-6-2-3-7-22(21)15-20/h2-11,15,19,23-24,34H,12-14,16-18,30H2,1H3,(H,31,37)(H,32,35)/t19?,23-,24?/m1/s1. The number of fused-ring (bicyclic) bond motifs is 2. The number of rotatable bonds is 10. The van der Waals surface area contributed by atoms with Gasteiger partial charge in [0, 0.05) is 49.0 Å². The molecule has 5 N–H and O–H groups in total. The number of thioether (sulfide) groups is 1. The van der Waals surface area contributed by atoms with Gasteiger partial charge in [0.15, 0.2) is 0 Å². The van der Waals surface area contributed by atoms with E-state index in [-0.39, 0.29) is 49.5 Å². The lowest BCUT2D eigenvalue weighted by atomic mass is 10.0. The highest BCUT2D eigenvalue weighted by molar-refractivity contribution is 8.00. The number of hydrogen-bond acceptors (Lipinski definition) is 6. The Kier molecular flexibility index (Phi) is 9.38. The molecular formula is C29H34N4O4S. The lowest BCUT2D eigenvalue weighted by Gasteiger charge is -2.24. The van der Waals surface area contributed by atoms with Gasteiger partial charge in [-0.25, -0.2) is 0 Å². The van der Waals surface area contributed by atoms with Gasteiger partial charge in [0.25, 0.3) is 0 Å². The molecule has 0 fully saturated rings. The van der Waals surface area contributed by atoms with Crippen molar-refractivity contribution in [1.29, 1.82) is 0 Å². The maximum atomic E-state index is 13.1. The summed E-state index contributed by atoms with van der Waals surface area (Å²) in [5.74, 6) is -0.759. The summed E-state index contributed by atoms with van der Waals surface area (Å²) in [6.07, 6.45) is -0.158. The van der Waals surface area contributed by atoms with Crippen LogP contribution >= 0.6 is 11.8 Å². The largest absolute Gasteiger partial charge is 0.390 e. The Hall–Kier alpha value is -3.40. The van der Waals surface area contributed by atoms with Crippen molar-refractivity contribution < 1.29 is 19.5 Å². The van der Waals surface area contributed by atoms with Gasteiger partial charge in [0.05, 0.1) is 11.8 Å². The molecule has 3 amide bonds. The van der Waals surface area contributed by atoms with Crippen LogP contribution in [0, 0.1) is 0 Å². The summed E-state index contributed by atoms with van der Waals surface area (Å²) in [6.45, 7) is 2.25. The van der Waals surface area contributed by atoms with E-state index in [9.17, 15) is 19.5 Å². The molecule has 1 aliphatic rings. The zero-order valence-corrected chi connectivity index (χ0v) is 22.2. The van der Waals surface area contributed by atoms with Gasteiger partial charge in [-0.2, -0.15) is 0 Å². The molecule has 3 atom stereocenters. The van der Waals surface area contributed by atoms with Gasteiger partial charge >= 0.3 is 0 Å². The maximum Gasteiger partial charge on any atom is 0.243 e. The van der Waals surface area contributed by atoms with Gasteiger partial charge in [-0.05, 0) is 28.5 Å². The summed E-state index contributed by atoms with van der Waals surface area (Å²) in [5, 5.41) is 17.6. The van der Waals surface area contributed by atoms with E-state index in [1.54, 1.807) is 16.7 Å². The fourth-order valence-corrected chi connectivity index (χ4v) is 5.60. The number of anilines is 1. The summed E-state index contributed by atoms with van der Waals surface area (Å²) in [4.78, 5) is 41.7. The van der Waals surface area contributed by atoms with Crippen molar-refractivity contribution in [2.24, 2.45) is 5.73 Å². The van der Waals surface area contributed by atoms with Gasteiger partial charge in [0.2, 0.25) is 17.7 Å². The second kappa shape index (κ2) is 12.9. The van der Waals surface area contributed by atoms with E-state index in [4.69, 9.17) is 5.73 Å². The predicted molar refractivity (Wildman–Crippen MR) is 151 cm³/mol. The number of carbonyl (C=O) groups is 3. The number of para-hydroxylation sites is 1. The van der Waals surface area contributed by atoms with Crippen LogP contribution in [0.1, 0.15) is 25.3 Å². The molecule has 1 aliphatic heterocycles. The van der Waals surface area contributed by atoms with Crippen LogP contribution in [0.3, 0.4) is 0 Å². The first-order chi connectivity index (χ1) is 18.3. The van der Waals surface area contributed by atoms with Crippen molar-refractivity contribution in [2.45, 2.75) is 48.5 Å². The van der Waals surface area contributed by atoms with Crippen LogP contribution in [0.4, 0.5) is 5.69 Å². The zero-order valence-electron chi connectivity index (χ0n) is 21.4. The maximum absolute atomic E-state index is 13.1. The number of benzene rings is 3. The third-order valence-corrected chi connectivity index (χ3v) is 7.67. The highest BCUT2D eigenvalue weighted by atomic mass is 32.2. The third kappa shape index (κ3) is 7.12. The van der Waals surface area contributed by atoms with Gasteiger partial charge in [-0.3, -0.25) is 14.4 Å². The summed E-state index contributed by atoms with van der Waals surface area (Å²) in [6, 6.07) is 20.7. The zero-order chi connectivity index (χ0) is 27.1. The van der Waals surface area contributed by atoms with Crippen molar-refractivity contribution in [3.05, 3.63) is 72.3 Å². The molecule has 4 rings (SSSR count). The first-order valence-corrected chi connectivity index (χ1v) is 13.7. The van der Waals surface area contributed by atoms with Crippen molar-refractivity contribution in [3.63, 3.8) is 0 Å². The van der Waals surface area contributed by atoms with E-state index < -0.39 is 18.1 Å². The molecule has 2 unspecified atom stereocenters. The van der Waals surface area contributed by atoms with Crippen molar-refractivity contribution in [2.75, 3.05) is 24.5 Å². The first kappa shape index (κ1) is 27.6. The number of amides is 3. The Labute approximate surface area is 227 Å². The monoisotopic (exact) mass is 534 g/mol. The smallest absolute Gasteiger partial charge is 0.243 e. The fourth-order valence-electron chi connectivity index (χ4n) is 4.49. The van der Waals surface area contributed by atoms with Crippen molar-refractivity contribution >= 4 is 45.9 Å². The molecule has 0 aromatic heterocycles. The van der Waals surface area contributed by atoms with Crippen LogP contribution < -0.4 is 21.3 Å². The highest BCUT2D eigenvalue weighted by Gasteiger charge is 2.27. The van der Waals surface area contributed by atoms with Gasteiger partial charge in [-0.1, -0.05) is 61.5 Å². The second-order valence-electron chi connectivity index (χ2n) is 9.54. The Bertz CT molecular complexity index is 1300. The summed E-state index contributed by atoms with van der Waals surface area (Å²) < 4.78 is 0. The SMILES string of the molecule is CC1CC(=O)N(CCC(=O)NC(Cc2ccc3ccccc3c2)C(=O)NC[C@H](O)CN)c2ccccc2S1. The van der Waals surface area contributed by atoms with Crippen molar-refractivity contribution in [3.8, 4) is 0 Å². The highest BCUT2D eigenvalue weighted by Crippen LogP contribution is 2.37. The molecule has 200 valence electrons. The van der Waals surface area contributed by atoms with E-state index >= 15 is 0 Å². The summed E-state index contributed by atoms with van der Waals surface area (Å²) in [7, 11) is 0. The molecule has 3 aromatic rings. The minimum atomic E-state index is -0.870. The van der Waals surface area contributed by atoms with Gasteiger partial charge in [0.1, 0.15) is 6.04 Å². The molecule has 8 nitrogen and oxygen atoms in total. The summed E-state index contributed by atoms with van der Waals surface area (Å²) >= 11 is 1.66. The molecule has 0 saturated heterocycles. The quantitative estimate of drug-likeness (QED) is 0.317. The normalized spacial score (nSPS) is 16.9. The Morgan fingerprint density at radius 1 is 1.11 bits per heavy atom. The average Bonchev–Trinajstić information content (AvgIpc) is 3.03. The minimum absolute atomic E-state index is 0.00562. The Morgan fingerprint density at radius 3 is 2.63 bits per heavy atom. The number of hydrogen-bond donors (Lipinski definition) is 4. The first-order valence-electron chi connectivity index (χ1n) is 12.8. The van der Waals surface area contributed by atoms with E-state index in [0.717, 1.165) is 26.9 Å². The molecule has 1 heterocycles. The molecular weight excluding hydrogens is 500 g/mol. The summed E-state index contributed by atoms with van der Waals surface area (Å²) in [5.41, 5.74) is 7.16. The van der Waals surface area contributed by atoms with E-state index in [2.05, 4.69) is 10.6 Å². The van der Waals surface area contributed by atoms with E-state index in [1.807, 2.05) is 73.7 Å². The molecule has 0 spiro atoms. The van der Waals surface area contributed by atoms with E-state index in [0.29, 0.717) is 6.42 Å². The molecule has 0 saturated carbocycles. The van der Waals surface area contributed by atoms with Crippen LogP contribution in [0.2, 0.25) is 0 Å². The van der Waals surface area contributed by atoms with Crippen LogP contribution in [0.15, 0.2) is 71.6 Å². The lowest BCUT2D eigenvalue weighted by molar-refractivity contribution is -0.129. The van der Waals surface area contributed by atoms with Crippen LogP contribution in [0.5, 0.6) is 0 Å². The molecule has 0 radical (unpaired) electrons. The Morgan fingerprint density at radius 2 is 1.84 bits per heavy atom. The topological polar surface area (TPSA) is 125 Å². The van der Waals surface area contributed by atoms with Gasteiger partial charge in [-0.15, -0.1) is 11.8 Å². The average molecular weight is 535 g/mol. The molecule has 9 heteroatoms. The number of nitrogens with one attached hydrogen (secondary N) is 2. The predicted octanol–water partition coefficient (Wildman–Crippen LogP) is 2.61. The Balaban J connectivity index is 1.46. The van der Waals surface area contributed by atoms with E-state index in [1.165, 1.54) is 0 Å². The van der Waals surface area contributed by atoms with Crippen LogP contribution in [-0.2, 0) is 20.8 Å². The number of nitrogens with two attached hydrogens (primary N) is 1. The van der Waals surface area contributed by atoms with Gasteiger partial charge < -0.3 is 26.4 Å². The third-order valence-electron chi connectivity index (χ3n) is 6.50. The fraction of sp³-hybridized carbons (Fsp3) is 0.345. The van der Waals surface area contributed by atoms with Crippen LogP contribution in [0.25, 0.3) is 10.8 Å². The number of nitrogens with zero attached hydrogens (tertiary/aromatic N) is 1. The number of aliphatic hydroxyl groups excluding tert-OH is 1. The lowest BCUT2D eigenvalue weighted by Crippen LogP contribution is -2.50. The molecule has 0 aliphatic carbocycles. The molecule has 38 heavy (non-hydrogen) atoms. The van der Waals surface area contributed by atoms with Crippen LogP contribution in [-0.4, -0.2) is 59.9 Å². The number of carbonyl (C=O) groups excluding carboxylic acids is 3. The van der Waals surface area contributed by atoms with Crippen molar-refractivity contribution in [1.82, 2.24) is 10.6 Å². The number of aliphatic hydroxyl groups is 1. The second-order valence-corrected chi connectivity index (χ2v) is 11.0.